The van der Waals surface area contributed by atoms with Crippen molar-refractivity contribution in [3.63, 3.8) is 0 Å². The van der Waals surface area contributed by atoms with Crippen molar-refractivity contribution in [3.8, 4) is 11.5 Å². The number of benzene rings is 2. The molecule has 2 aromatic carbocycles. The molecule has 7 nitrogen and oxygen atoms in total. The number of esters is 1. The molecule has 0 aliphatic rings. The first-order chi connectivity index (χ1) is 12.0. The minimum atomic E-state index is -0.508. The Hall–Kier alpha value is -2.61. The molecule has 2 aromatic rings. The van der Waals surface area contributed by atoms with Gasteiger partial charge in [-0.1, -0.05) is 28.1 Å². The van der Waals surface area contributed by atoms with Crippen LogP contribution in [0, 0.1) is 10.1 Å². The average molecular weight is 410 g/mol. The van der Waals surface area contributed by atoms with E-state index in [1.54, 1.807) is 30.3 Å². The number of nitro benzene ring substituents is 1. The maximum absolute atomic E-state index is 12.1. The first-order valence-corrected chi connectivity index (χ1v) is 8.04. The van der Waals surface area contributed by atoms with Gasteiger partial charge < -0.3 is 14.2 Å². The van der Waals surface area contributed by atoms with Crippen LogP contribution in [0.25, 0.3) is 0 Å². The lowest BCUT2D eigenvalue weighted by molar-refractivity contribution is -0.385. The molecule has 8 heteroatoms. The van der Waals surface area contributed by atoms with Crippen molar-refractivity contribution < 1.29 is 23.9 Å². The number of rotatable bonds is 7. The summed E-state index contributed by atoms with van der Waals surface area (Å²) < 4.78 is 16.2. The van der Waals surface area contributed by atoms with Gasteiger partial charge in [0.25, 0.3) is 5.69 Å². The van der Waals surface area contributed by atoms with Crippen molar-refractivity contribution in [2.45, 2.75) is 13.0 Å². The van der Waals surface area contributed by atoms with Crippen LogP contribution in [-0.2, 0) is 22.6 Å². The SMILES string of the molecule is COc1cc(Br)c(CC(=O)OCc2ccccc2[N+](=O)[O-])cc1OC. The van der Waals surface area contributed by atoms with Crippen molar-refractivity contribution >= 4 is 27.6 Å². The van der Waals surface area contributed by atoms with E-state index in [1.807, 2.05) is 0 Å². The standard InChI is InChI=1S/C17H16BrNO6/c1-23-15-7-12(13(18)9-16(15)24-2)8-17(20)25-10-11-5-3-4-6-14(11)19(21)22/h3-7,9H,8,10H2,1-2H3. The van der Waals surface area contributed by atoms with Gasteiger partial charge in [-0.05, 0) is 23.8 Å². The van der Waals surface area contributed by atoms with Crippen molar-refractivity contribution in [2.75, 3.05) is 14.2 Å². The van der Waals surface area contributed by atoms with E-state index in [-0.39, 0.29) is 18.7 Å². The zero-order valence-electron chi connectivity index (χ0n) is 13.7. The highest BCUT2D eigenvalue weighted by molar-refractivity contribution is 9.10. The molecule has 0 atom stereocenters. The molecule has 0 unspecified atom stereocenters. The van der Waals surface area contributed by atoms with Crippen LogP contribution >= 0.6 is 15.9 Å². The Kier molecular flexibility index (Phi) is 6.35. The molecular formula is C17H16BrNO6. The molecule has 2 rings (SSSR count). The van der Waals surface area contributed by atoms with Crippen LogP contribution in [0.4, 0.5) is 5.69 Å². The Bertz CT molecular complexity index is 793. The minimum Gasteiger partial charge on any atom is -0.493 e. The molecule has 0 saturated carbocycles. The zero-order chi connectivity index (χ0) is 18.4. The van der Waals surface area contributed by atoms with Gasteiger partial charge in [0.05, 0.1) is 31.1 Å². The minimum absolute atomic E-state index is 0.0123. The topological polar surface area (TPSA) is 87.9 Å². The van der Waals surface area contributed by atoms with Crippen LogP contribution in [0.5, 0.6) is 11.5 Å². The molecule has 0 aromatic heterocycles. The van der Waals surface area contributed by atoms with Crippen molar-refractivity contribution in [2.24, 2.45) is 0 Å². The van der Waals surface area contributed by atoms with Gasteiger partial charge in [-0.15, -0.1) is 0 Å². The Morgan fingerprint density at radius 2 is 1.76 bits per heavy atom. The molecule has 0 amide bonds. The summed E-state index contributed by atoms with van der Waals surface area (Å²) in [4.78, 5) is 22.5. The fourth-order valence-electron chi connectivity index (χ4n) is 2.21. The fraction of sp³-hybridized carbons (Fsp3) is 0.235. The second kappa shape index (κ2) is 8.48. The molecule has 0 aliphatic carbocycles. The molecule has 25 heavy (non-hydrogen) atoms. The van der Waals surface area contributed by atoms with Crippen LogP contribution in [-0.4, -0.2) is 25.1 Å². The van der Waals surface area contributed by atoms with E-state index in [4.69, 9.17) is 14.2 Å². The van der Waals surface area contributed by atoms with Crippen LogP contribution in [0.1, 0.15) is 11.1 Å². The van der Waals surface area contributed by atoms with Crippen LogP contribution < -0.4 is 9.47 Å². The van der Waals surface area contributed by atoms with Gasteiger partial charge in [0.2, 0.25) is 0 Å². The van der Waals surface area contributed by atoms with Gasteiger partial charge >= 0.3 is 5.97 Å². The maximum atomic E-state index is 12.1. The second-order valence-electron chi connectivity index (χ2n) is 5.02. The number of nitrogens with zero attached hydrogens (tertiary/aromatic N) is 1. The second-order valence-corrected chi connectivity index (χ2v) is 5.88. The highest BCUT2D eigenvalue weighted by Crippen LogP contribution is 2.33. The lowest BCUT2D eigenvalue weighted by Crippen LogP contribution is -2.09. The van der Waals surface area contributed by atoms with E-state index in [0.717, 1.165) is 0 Å². The first-order valence-electron chi connectivity index (χ1n) is 7.24. The number of methoxy groups -OCH3 is 2. The summed E-state index contributed by atoms with van der Waals surface area (Å²) >= 11 is 3.37. The van der Waals surface area contributed by atoms with Gasteiger partial charge in [-0.3, -0.25) is 14.9 Å². The van der Waals surface area contributed by atoms with Crippen molar-refractivity contribution in [3.05, 3.63) is 62.1 Å². The molecule has 0 aliphatic heterocycles. The van der Waals surface area contributed by atoms with E-state index in [2.05, 4.69) is 15.9 Å². The maximum Gasteiger partial charge on any atom is 0.310 e. The summed E-state index contributed by atoms with van der Waals surface area (Å²) in [5.41, 5.74) is 0.917. The van der Waals surface area contributed by atoms with E-state index in [9.17, 15) is 14.9 Å². The predicted octanol–water partition coefficient (Wildman–Crippen LogP) is 3.66. The molecule has 0 spiro atoms. The third-order valence-corrected chi connectivity index (χ3v) is 4.20. The molecule has 132 valence electrons. The largest absolute Gasteiger partial charge is 0.493 e. The Balaban J connectivity index is 2.07. The fourth-order valence-corrected chi connectivity index (χ4v) is 2.67. The van der Waals surface area contributed by atoms with Gasteiger partial charge in [-0.2, -0.15) is 0 Å². The average Bonchev–Trinajstić information content (AvgIpc) is 2.61. The Morgan fingerprint density at radius 3 is 2.40 bits per heavy atom. The molecule has 0 fully saturated rings. The lowest BCUT2D eigenvalue weighted by atomic mass is 10.1. The summed E-state index contributed by atoms with van der Waals surface area (Å²) in [7, 11) is 3.02. The Morgan fingerprint density at radius 1 is 1.12 bits per heavy atom. The van der Waals surface area contributed by atoms with Crippen LogP contribution in [0.3, 0.4) is 0 Å². The summed E-state index contributed by atoms with van der Waals surface area (Å²) in [5.74, 6) is 0.518. The number of nitro groups is 1. The molecule has 0 saturated heterocycles. The normalized spacial score (nSPS) is 10.2. The van der Waals surface area contributed by atoms with Gasteiger partial charge in [-0.25, -0.2) is 0 Å². The number of halogens is 1. The van der Waals surface area contributed by atoms with Gasteiger partial charge in [0.1, 0.15) is 6.61 Å². The summed E-state index contributed by atoms with van der Waals surface area (Å²) in [6.07, 6.45) is -0.0123. The number of ether oxygens (including phenoxy) is 3. The first kappa shape index (κ1) is 18.7. The number of carbonyl (C=O) groups is 1. The zero-order valence-corrected chi connectivity index (χ0v) is 15.2. The quantitative estimate of drug-likeness (QED) is 0.393. The summed E-state index contributed by atoms with van der Waals surface area (Å²) in [6.45, 7) is -0.166. The van der Waals surface area contributed by atoms with E-state index < -0.39 is 10.9 Å². The lowest BCUT2D eigenvalue weighted by Gasteiger charge is -2.12. The van der Waals surface area contributed by atoms with Crippen molar-refractivity contribution in [1.82, 2.24) is 0 Å². The number of hydrogen-bond acceptors (Lipinski definition) is 6. The third kappa shape index (κ3) is 4.69. The molecule has 0 bridgehead atoms. The van der Waals surface area contributed by atoms with Crippen LogP contribution in [0.15, 0.2) is 40.9 Å². The molecule has 0 radical (unpaired) electrons. The van der Waals surface area contributed by atoms with E-state index in [0.29, 0.717) is 27.1 Å². The van der Waals surface area contributed by atoms with E-state index in [1.165, 1.54) is 20.3 Å². The molecular weight excluding hydrogens is 394 g/mol. The highest BCUT2D eigenvalue weighted by Gasteiger charge is 2.16. The number of hydrogen-bond donors (Lipinski definition) is 0. The molecule has 0 heterocycles. The summed E-state index contributed by atoms with van der Waals surface area (Å²) in [5, 5.41) is 11.0. The predicted molar refractivity (Wildman–Crippen MR) is 93.8 cm³/mol. The highest BCUT2D eigenvalue weighted by atomic mass is 79.9. The van der Waals surface area contributed by atoms with Crippen molar-refractivity contribution in [1.29, 1.82) is 0 Å². The third-order valence-electron chi connectivity index (χ3n) is 3.46. The summed E-state index contributed by atoms with van der Waals surface area (Å²) in [6, 6.07) is 9.51. The molecule has 0 N–H and O–H groups in total. The smallest absolute Gasteiger partial charge is 0.310 e. The monoisotopic (exact) mass is 409 g/mol. The Labute approximate surface area is 152 Å². The van der Waals surface area contributed by atoms with E-state index >= 15 is 0 Å². The van der Waals surface area contributed by atoms with Gasteiger partial charge in [0, 0.05) is 10.5 Å². The number of carbonyl (C=O) groups excluding carboxylic acids is 1. The van der Waals surface area contributed by atoms with Crippen LogP contribution in [0.2, 0.25) is 0 Å². The number of para-hydroxylation sites is 1. The van der Waals surface area contributed by atoms with Gasteiger partial charge in [0.15, 0.2) is 11.5 Å².